The molecule has 1 aliphatic carbocycles. The Hall–Kier alpha value is -2.89. The highest BCUT2D eigenvalue weighted by Gasteiger charge is 2.20. The van der Waals surface area contributed by atoms with Gasteiger partial charge in [0.1, 0.15) is 12.1 Å². The maximum atomic E-state index is 12.6. The number of hydrogen-bond acceptors (Lipinski definition) is 3. The Kier molecular flexibility index (Phi) is 6.63. The maximum absolute atomic E-state index is 12.6. The van der Waals surface area contributed by atoms with Crippen LogP contribution in [0.3, 0.4) is 0 Å². The Morgan fingerprint density at radius 1 is 1.14 bits per heavy atom. The standard InChI is InChI=1S/C22H27N3O3/c1-16-6-4-7-17(14-16)11-12-23-20(26)15-25-13-5-10-19(22(25)28)21(27)24-18-8-2-3-9-18/h4-7,10,13-14,18H,2-3,8-9,11-12,15H2,1H3,(H,23,26)(H,24,27). The minimum Gasteiger partial charge on any atom is -0.354 e. The van der Waals surface area contributed by atoms with E-state index in [-0.39, 0.29) is 30.0 Å². The molecule has 1 aromatic carbocycles. The first-order valence-corrected chi connectivity index (χ1v) is 9.85. The summed E-state index contributed by atoms with van der Waals surface area (Å²) in [6, 6.07) is 11.4. The second-order valence-corrected chi connectivity index (χ2v) is 7.40. The topological polar surface area (TPSA) is 80.2 Å². The lowest BCUT2D eigenvalue weighted by Crippen LogP contribution is -2.39. The second-order valence-electron chi connectivity index (χ2n) is 7.40. The van der Waals surface area contributed by atoms with E-state index in [1.165, 1.54) is 22.4 Å². The van der Waals surface area contributed by atoms with Crippen molar-refractivity contribution in [2.45, 2.75) is 51.6 Å². The van der Waals surface area contributed by atoms with E-state index in [0.29, 0.717) is 6.54 Å². The molecule has 1 fully saturated rings. The smallest absolute Gasteiger partial charge is 0.263 e. The summed E-state index contributed by atoms with van der Waals surface area (Å²) in [6.45, 7) is 2.43. The second kappa shape index (κ2) is 9.35. The summed E-state index contributed by atoms with van der Waals surface area (Å²) >= 11 is 0. The van der Waals surface area contributed by atoms with Crippen molar-refractivity contribution in [3.8, 4) is 0 Å². The van der Waals surface area contributed by atoms with Gasteiger partial charge in [0.05, 0.1) is 0 Å². The van der Waals surface area contributed by atoms with Crippen molar-refractivity contribution >= 4 is 11.8 Å². The molecule has 6 heteroatoms. The fraction of sp³-hybridized carbons (Fsp3) is 0.409. The number of aromatic nitrogens is 1. The van der Waals surface area contributed by atoms with Gasteiger partial charge in [-0.25, -0.2) is 0 Å². The summed E-state index contributed by atoms with van der Waals surface area (Å²) in [5.41, 5.74) is 1.99. The fourth-order valence-corrected chi connectivity index (χ4v) is 3.59. The number of aryl methyl sites for hydroxylation is 1. The van der Waals surface area contributed by atoms with Crippen LogP contribution in [0.15, 0.2) is 47.4 Å². The Labute approximate surface area is 165 Å². The van der Waals surface area contributed by atoms with Gasteiger partial charge >= 0.3 is 0 Å². The van der Waals surface area contributed by atoms with Gasteiger partial charge in [-0.3, -0.25) is 14.4 Å². The number of amides is 2. The predicted molar refractivity (Wildman–Crippen MR) is 108 cm³/mol. The largest absolute Gasteiger partial charge is 0.354 e. The normalized spacial score (nSPS) is 14.0. The van der Waals surface area contributed by atoms with E-state index in [9.17, 15) is 14.4 Å². The van der Waals surface area contributed by atoms with Crippen molar-refractivity contribution in [1.82, 2.24) is 15.2 Å². The number of carbonyl (C=O) groups is 2. The van der Waals surface area contributed by atoms with E-state index in [4.69, 9.17) is 0 Å². The zero-order valence-electron chi connectivity index (χ0n) is 16.2. The predicted octanol–water partition coefficient (Wildman–Crippen LogP) is 2.19. The van der Waals surface area contributed by atoms with Crippen LogP contribution < -0.4 is 16.2 Å². The van der Waals surface area contributed by atoms with Crippen molar-refractivity contribution in [1.29, 1.82) is 0 Å². The first-order chi connectivity index (χ1) is 13.5. The Bertz CT molecular complexity index is 898. The van der Waals surface area contributed by atoms with E-state index in [1.807, 2.05) is 25.1 Å². The van der Waals surface area contributed by atoms with Gasteiger partial charge in [0.15, 0.2) is 0 Å². The summed E-state index contributed by atoms with van der Waals surface area (Å²) < 4.78 is 1.28. The lowest BCUT2D eigenvalue weighted by molar-refractivity contribution is -0.121. The average Bonchev–Trinajstić information content (AvgIpc) is 3.16. The first kappa shape index (κ1) is 19.9. The zero-order valence-corrected chi connectivity index (χ0v) is 16.2. The van der Waals surface area contributed by atoms with Crippen molar-refractivity contribution < 1.29 is 9.59 Å². The van der Waals surface area contributed by atoms with Crippen molar-refractivity contribution in [3.05, 3.63) is 69.6 Å². The van der Waals surface area contributed by atoms with Crippen LogP contribution >= 0.6 is 0 Å². The molecule has 2 amide bonds. The molecule has 1 aromatic heterocycles. The molecule has 1 saturated carbocycles. The van der Waals surface area contributed by atoms with Crippen molar-refractivity contribution in [2.75, 3.05) is 6.54 Å². The summed E-state index contributed by atoms with van der Waals surface area (Å²) in [7, 11) is 0. The van der Waals surface area contributed by atoms with Crippen LogP contribution in [0.4, 0.5) is 0 Å². The monoisotopic (exact) mass is 381 g/mol. The SMILES string of the molecule is Cc1cccc(CCNC(=O)Cn2cccc(C(=O)NC3CCCC3)c2=O)c1. The molecule has 0 unspecified atom stereocenters. The molecular formula is C22H27N3O3. The number of nitrogens with zero attached hydrogens (tertiary/aromatic N) is 1. The highest BCUT2D eigenvalue weighted by Crippen LogP contribution is 2.17. The van der Waals surface area contributed by atoms with Gasteiger partial charge < -0.3 is 15.2 Å². The summed E-state index contributed by atoms with van der Waals surface area (Å²) in [6.07, 6.45) is 6.38. The third-order valence-electron chi connectivity index (χ3n) is 5.09. The van der Waals surface area contributed by atoms with Crippen LogP contribution in [0.2, 0.25) is 0 Å². The van der Waals surface area contributed by atoms with E-state index in [0.717, 1.165) is 37.7 Å². The highest BCUT2D eigenvalue weighted by atomic mass is 16.2. The summed E-state index contributed by atoms with van der Waals surface area (Å²) in [4.78, 5) is 37.2. The molecule has 0 atom stereocenters. The number of benzene rings is 1. The Morgan fingerprint density at radius 2 is 1.93 bits per heavy atom. The molecular weight excluding hydrogens is 354 g/mol. The minimum absolute atomic E-state index is 0.0851. The quantitative estimate of drug-likeness (QED) is 0.772. The summed E-state index contributed by atoms with van der Waals surface area (Å²) in [5.74, 6) is -0.603. The minimum atomic E-state index is -0.438. The molecule has 148 valence electrons. The highest BCUT2D eigenvalue weighted by molar-refractivity contribution is 5.94. The zero-order chi connectivity index (χ0) is 19.9. The van der Waals surface area contributed by atoms with Gasteiger partial charge in [-0.15, -0.1) is 0 Å². The van der Waals surface area contributed by atoms with Crippen LogP contribution in [-0.2, 0) is 17.8 Å². The molecule has 0 bridgehead atoms. The number of nitrogens with one attached hydrogen (secondary N) is 2. The average molecular weight is 381 g/mol. The van der Waals surface area contributed by atoms with Gasteiger partial charge in [0, 0.05) is 18.8 Å². The maximum Gasteiger partial charge on any atom is 0.263 e. The van der Waals surface area contributed by atoms with E-state index in [1.54, 1.807) is 6.07 Å². The van der Waals surface area contributed by atoms with E-state index >= 15 is 0 Å². The van der Waals surface area contributed by atoms with Gasteiger partial charge in [-0.2, -0.15) is 0 Å². The molecule has 0 saturated heterocycles. The number of hydrogen-bond donors (Lipinski definition) is 2. The lowest BCUT2D eigenvalue weighted by atomic mass is 10.1. The molecule has 2 aromatic rings. The van der Waals surface area contributed by atoms with Crippen molar-refractivity contribution in [3.63, 3.8) is 0 Å². The number of pyridine rings is 1. The first-order valence-electron chi connectivity index (χ1n) is 9.85. The number of rotatable bonds is 7. The Balaban J connectivity index is 1.55. The van der Waals surface area contributed by atoms with Gasteiger partial charge in [0.2, 0.25) is 5.91 Å². The van der Waals surface area contributed by atoms with Gasteiger partial charge in [-0.1, -0.05) is 42.7 Å². The third-order valence-corrected chi connectivity index (χ3v) is 5.09. The van der Waals surface area contributed by atoms with E-state index < -0.39 is 5.56 Å². The molecule has 0 spiro atoms. The lowest BCUT2D eigenvalue weighted by Gasteiger charge is -2.13. The van der Waals surface area contributed by atoms with Crippen LogP contribution in [0, 0.1) is 6.92 Å². The Morgan fingerprint density at radius 3 is 2.68 bits per heavy atom. The molecule has 6 nitrogen and oxygen atoms in total. The van der Waals surface area contributed by atoms with Crippen LogP contribution in [-0.4, -0.2) is 29.0 Å². The molecule has 1 aliphatic rings. The molecule has 3 rings (SSSR count). The van der Waals surface area contributed by atoms with E-state index in [2.05, 4.69) is 16.7 Å². The third kappa shape index (κ3) is 5.31. The summed E-state index contributed by atoms with van der Waals surface area (Å²) in [5, 5.41) is 5.76. The van der Waals surface area contributed by atoms with Crippen LogP contribution in [0.1, 0.15) is 47.2 Å². The van der Waals surface area contributed by atoms with Crippen LogP contribution in [0.25, 0.3) is 0 Å². The molecule has 28 heavy (non-hydrogen) atoms. The molecule has 0 radical (unpaired) electrons. The van der Waals surface area contributed by atoms with Gasteiger partial charge in [-0.05, 0) is 43.9 Å². The fourth-order valence-electron chi connectivity index (χ4n) is 3.59. The molecule has 2 N–H and O–H groups in total. The van der Waals surface area contributed by atoms with Gasteiger partial charge in [0.25, 0.3) is 11.5 Å². The van der Waals surface area contributed by atoms with Crippen LogP contribution in [0.5, 0.6) is 0 Å². The van der Waals surface area contributed by atoms with Crippen molar-refractivity contribution in [2.24, 2.45) is 0 Å². The molecule has 1 heterocycles. The molecule has 0 aliphatic heterocycles. The number of carbonyl (C=O) groups excluding carboxylic acids is 2.